The summed E-state index contributed by atoms with van der Waals surface area (Å²) < 4.78 is 0. The topological polar surface area (TPSA) is 87.4 Å². The molecule has 1 rings (SSSR count). The molecule has 0 radical (unpaired) electrons. The third-order valence-electron chi connectivity index (χ3n) is 2.46. The highest BCUT2D eigenvalue weighted by Gasteiger charge is 2.20. The minimum Gasteiger partial charge on any atom is -0.394 e. The first-order valence-corrected chi connectivity index (χ1v) is 5.98. The van der Waals surface area contributed by atoms with E-state index in [0.717, 1.165) is 6.42 Å². The van der Waals surface area contributed by atoms with Crippen molar-refractivity contribution in [2.24, 2.45) is 0 Å². The van der Waals surface area contributed by atoms with Gasteiger partial charge in [-0.15, -0.1) is 0 Å². The highest BCUT2D eigenvalue weighted by Crippen LogP contribution is 2.33. The Balaban J connectivity index is 3.05. The van der Waals surface area contributed by atoms with E-state index in [4.69, 9.17) is 5.11 Å². The van der Waals surface area contributed by atoms with Crippen LogP contribution in [-0.4, -0.2) is 29.2 Å². The second-order valence-electron chi connectivity index (χ2n) is 4.11. The van der Waals surface area contributed by atoms with Crippen LogP contribution in [0.25, 0.3) is 0 Å². The number of nitrogens with zero attached hydrogens (tertiary/aromatic N) is 1. The largest absolute Gasteiger partial charge is 0.394 e. The Morgan fingerprint density at radius 1 is 1.44 bits per heavy atom. The van der Waals surface area contributed by atoms with E-state index in [1.54, 1.807) is 25.1 Å². The number of para-hydroxylation sites is 1. The van der Waals surface area contributed by atoms with Gasteiger partial charge in [0.25, 0.3) is 0 Å². The van der Waals surface area contributed by atoms with Crippen LogP contribution in [0.2, 0.25) is 0 Å². The van der Waals surface area contributed by atoms with Crippen molar-refractivity contribution in [3.63, 3.8) is 0 Å². The minimum absolute atomic E-state index is 0.0197. The van der Waals surface area contributed by atoms with Gasteiger partial charge in [0.15, 0.2) is 0 Å². The smallest absolute Gasteiger partial charge is 0.315 e. The van der Waals surface area contributed by atoms with E-state index in [2.05, 4.69) is 10.6 Å². The lowest BCUT2D eigenvalue weighted by Gasteiger charge is -2.14. The molecule has 6 heteroatoms. The standard InChI is InChI=1S/C12H19N3O3/c1-3-7-13-10-5-4-6-11(12(10)15(17)18)14-9(2)8-16/h4-6,9,13-14,16H,3,7-8H2,1-2H3. The number of nitro benzene ring substituents is 1. The van der Waals surface area contributed by atoms with E-state index in [1.165, 1.54) is 0 Å². The van der Waals surface area contributed by atoms with Gasteiger partial charge in [-0.2, -0.15) is 0 Å². The summed E-state index contributed by atoms with van der Waals surface area (Å²) in [5.41, 5.74) is 0.936. The fourth-order valence-electron chi connectivity index (χ4n) is 1.57. The fourth-order valence-corrected chi connectivity index (χ4v) is 1.57. The van der Waals surface area contributed by atoms with Gasteiger partial charge < -0.3 is 15.7 Å². The number of hydrogen-bond acceptors (Lipinski definition) is 5. The molecule has 0 saturated carbocycles. The van der Waals surface area contributed by atoms with Crippen LogP contribution in [0.3, 0.4) is 0 Å². The molecule has 0 aromatic heterocycles. The van der Waals surface area contributed by atoms with Gasteiger partial charge in [0.1, 0.15) is 11.4 Å². The molecule has 0 bridgehead atoms. The Labute approximate surface area is 106 Å². The summed E-state index contributed by atoms with van der Waals surface area (Å²) in [6.45, 7) is 4.36. The van der Waals surface area contributed by atoms with Crippen molar-refractivity contribution in [2.75, 3.05) is 23.8 Å². The van der Waals surface area contributed by atoms with Crippen molar-refractivity contribution in [1.82, 2.24) is 0 Å². The predicted molar refractivity (Wildman–Crippen MR) is 72.0 cm³/mol. The highest BCUT2D eigenvalue weighted by molar-refractivity contribution is 5.76. The van der Waals surface area contributed by atoms with Crippen molar-refractivity contribution in [1.29, 1.82) is 0 Å². The van der Waals surface area contributed by atoms with Crippen molar-refractivity contribution < 1.29 is 10.0 Å². The first-order chi connectivity index (χ1) is 8.60. The molecular formula is C12H19N3O3. The zero-order valence-electron chi connectivity index (χ0n) is 10.6. The summed E-state index contributed by atoms with van der Waals surface area (Å²) in [4.78, 5) is 10.7. The molecule has 0 aliphatic carbocycles. The van der Waals surface area contributed by atoms with Crippen LogP contribution in [0.5, 0.6) is 0 Å². The lowest BCUT2D eigenvalue weighted by molar-refractivity contribution is -0.383. The first kappa shape index (κ1) is 14.2. The Kier molecular flexibility index (Phi) is 5.38. The molecule has 0 saturated heterocycles. The second kappa shape index (κ2) is 6.80. The summed E-state index contributed by atoms with van der Waals surface area (Å²) >= 11 is 0. The summed E-state index contributed by atoms with van der Waals surface area (Å²) in [5, 5.41) is 26.1. The highest BCUT2D eigenvalue weighted by atomic mass is 16.6. The fraction of sp³-hybridized carbons (Fsp3) is 0.500. The first-order valence-electron chi connectivity index (χ1n) is 5.98. The van der Waals surface area contributed by atoms with E-state index in [0.29, 0.717) is 17.9 Å². The van der Waals surface area contributed by atoms with E-state index in [1.807, 2.05) is 6.92 Å². The van der Waals surface area contributed by atoms with E-state index in [9.17, 15) is 10.1 Å². The number of anilines is 2. The van der Waals surface area contributed by atoms with Crippen molar-refractivity contribution >= 4 is 17.1 Å². The normalized spacial score (nSPS) is 11.9. The number of rotatable bonds is 7. The second-order valence-corrected chi connectivity index (χ2v) is 4.11. The van der Waals surface area contributed by atoms with E-state index in [-0.39, 0.29) is 18.3 Å². The number of nitrogens with one attached hydrogen (secondary N) is 2. The molecule has 100 valence electrons. The van der Waals surface area contributed by atoms with Gasteiger partial charge >= 0.3 is 5.69 Å². The van der Waals surface area contributed by atoms with Gasteiger partial charge in [-0.1, -0.05) is 13.0 Å². The van der Waals surface area contributed by atoms with E-state index < -0.39 is 4.92 Å². The monoisotopic (exact) mass is 253 g/mol. The summed E-state index contributed by atoms with van der Waals surface area (Å²) in [5.74, 6) is 0. The Hall–Kier alpha value is -1.82. The van der Waals surface area contributed by atoms with Crippen LogP contribution in [0.1, 0.15) is 20.3 Å². The molecule has 1 aromatic rings. The van der Waals surface area contributed by atoms with Crippen LogP contribution in [0.4, 0.5) is 17.1 Å². The number of aliphatic hydroxyl groups excluding tert-OH is 1. The molecule has 1 aromatic carbocycles. The van der Waals surface area contributed by atoms with Crippen LogP contribution in [0, 0.1) is 10.1 Å². The van der Waals surface area contributed by atoms with Crippen LogP contribution in [-0.2, 0) is 0 Å². The third-order valence-corrected chi connectivity index (χ3v) is 2.46. The van der Waals surface area contributed by atoms with Crippen molar-refractivity contribution in [3.05, 3.63) is 28.3 Å². The molecule has 0 fully saturated rings. The molecule has 0 aliphatic heterocycles. The Morgan fingerprint density at radius 2 is 2.11 bits per heavy atom. The molecule has 0 heterocycles. The maximum Gasteiger partial charge on any atom is 0.315 e. The molecule has 1 atom stereocenters. The van der Waals surface area contributed by atoms with E-state index >= 15 is 0 Å². The van der Waals surface area contributed by atoms with Gasteiger partial charge in [-0.25, -0.2) is 0 Å². The molecule has 0 spiro atoms. The Morgan fingerprint density at radius 3 is 2.67 bits per heavy atom. The van der Waals surface area contributed by atoms with Gasteiger partial charge in [0, 0.05) is 12.6 Å². The molecule has 18 heavy (non-hydrogen) atoms. The summed E-state index contributed by atoms with van der Waals surface area (Å²) in [6, 6.07) is 4.84. The molecule has 0 aliphatic rings. The van der Waals surface area contributed by atoms with Gasteiger partial charge in [0.05, 0.1) is 11.5 Å². The lowest BCUT2D eigenvalue weighted by atomic mass is 10.2. The zero-order chi connectivity index (χ0) is 13.5. The third kappa shape index (κ3) is 3.59. The van der Waals surface area contributed by atoms with Crippen molar-refractivity contribution in [2.45, 2.75) is 26.3 Å². The zero-order valence-corrected chi connectivity index (χ0v) is 10.6. The molecule has 3 N–H and O–H groups in total. The average molecular weight is 253 g/mol. The van der Waals surface area contributed by atoms with Gasteiger partial charge in [0.2, 0.25) is 0 Å². The Bertz CT molecular complexity index is 410. The van der Waals surface area contributed by atoms with Gasteiger partial charge in [-0.05, 0) is 25.5 Å². The molecule has 6 nitrogen and oxygen atoms in total. The maximum absolute atomic E-state index is 11.1. The molecule has 0 amide bonds. The van der Waals surface area contributed by atoms with Gasteiger partial charge in [-0.3, -0.25) is 10.1 Å². The maximum atomic E-state index is 11.1. The summed E-state index contributed by atoms with van der Waals surface area (Å²) in [6.07, 6.45) is 0.891. The molecular weight excluding hydrogens is 234 g/mol. The quantitative estimate of drug-likeness (QED) is 0.512. The predicted octanol–water partition coefficient (Wildman–Crippen LogP) is 2.21. The van der Waals surface area contributed by atoms with Crippen LogP contribution in [0.15, 0.2) is 18.2 Å². The number of nitro groups is 1. The average Bonchev–Trinajstić information content (AvgIpc) is 2.35. The number of hydrogen-bond donors (Lipinski definition) is 3. The van der Waals surface area contributed by atoms with Crippen LogP contribution >= 0.6 is 0 Å². The summed E-state index contributed by atoms with van der Waals surface area (Å²) in [7, 11) is 0. The SMILES string of the molecule is CCCNc1cccc(NC(C)CO)c1[N+](=O)[O-]. The molecule has 1 unspecified atom stereocenters. The minimum atomic E-state index is -0.412. The van der Waals surface area contributed by atoms with Crippen LogP contribution < -0.4 is 10.6 Å². The lowest BCUT2D eigenvalue weighted by Crippen LogP contribution is -2.20. The van der Waals surface area contributed by atoms with Crippen molar-refractivity contribution in [3.8, 4) is 0 Å². The number of aliphatic hydroxyl groups is 1. The number of benzene rings is 1.